The number of para-hydroxylation sites is 3. The fourth-order valence-electron chi connectivity index (χ4n) is 2.21. The summed E-state index contributed by atoms with van der Waals surface area (Å²) >= 11 is 0. The molecule has 0 radical (unpaired) electrons. The Labute approximate surface area is 152 Å². The summed E-state index contributed by atoms with van der Waals surface area (Å²) in [4.78, 5) is 23.9. The van der Waals surface area contributed by atoms with Crippen LogP contribution in [0.25, 0.3) is 0 Å². The Kier molecular flexibility index (Phi) is 6.74. The van der Waals surface area contributed by atoms with Crippen LogP contribution in [0.1, 0.15) is 6.92 Å². The van der Waals surface area contributed by atoms with Gasteiger partial charge in [0.25, 0.3) is 0 Å². The molecule has 0 atom stereocenters. The molecule has 0 aromatic heterocycles. The molecule has 2 amide bonds. The van der Waals surface area contributed by atoms with Gasteiger partial charge in [-0.05, 0) is 31.2 Å². The molecule has 0 bridgehead atoms. The number of nitrogens with one attached hydrogen (secondary N) is 2. The van der Waals surface area contributed by atoms with E-state index in [9.17, 15) is 18.0 Å². The van der Waals surface area contributed by atoms with Crippen LogP contribution >= 0.6 is 0 Å². The third-order valence-corrected chi connectivity index (χ3v) is 4.62. The maximum absolute atomic E-state index is 12.1. The molecule has 0 unspecified atom stereocenters. The monoisotopic (exact) mass is 376 g/mol. The van der Waals surface area contributed by atoms with Gasteiger partial charge in [-0.3, -0.25) is 9.59 Å². The van der Waals surface area contributed by atoms with E-state index >= 15 is 0 Å². The molecule has 0 saturated carbocycles. The molecule has 0 spiro atoms. The second kappa shape index (κ2) is 9.00. The van der Waals surface area contributed by atoms with Crippen LogP contribution < -0.4 is 15.4 Å². The number of amides is 2. The van der Waals surface area contributed by atoms with Crippen molar-refractivity contribution in [2.75, 3.05) is 28.7 Å². The van der Waals surface area contributed by atoms with Crippen molar-refractivity contribution >= 4 is 33.0 Å². The second-order valence-electron chi connectivity index (χ2n) is 5.42. The van der Waals surface area contributed by atoms with Gasteiger partial charge >= 0.3 is 0 Å². The van der Waals surface area contributed by atoms with E-state index in [0.717, 1.165) is 0 Å². The predicted octanol–water partition coefficient (Wildman–Crippen LogP) is 2.08. The Morgan fingerprint density at radius 3 is 2.12 bits per heavy atom. The molecule has 138 valence electrons. The molecule has 26 heavy (non-hydrogen) atoms. The molecule has 0 heterocycles. The Hall–Kier alpha value is -2.87. The van der Waals surface area contributed by atoms with Gasteiger partial charge in [-0.25, -0.2) is 8.42 Å². The number of carbonyl (C=O) groups excluding carboxylic acids is 2. The van der Waals surface area contributed by atoms with Crippen molar-refractivity contribution in [2.24, 2.45) is 0 Å². The van der Waals surface area contributed by atoms with Crippen LogP contribution in [-0.2, 0) is 19.4 Å². The standard InChI is InChI=1S/C18H20N2O5S/c1-2-25-16-11-7-6-10-15(16)20-18(22)13-26(23,24)12-17(21)19-14-8-4-3-5-9-14/h3-11H,2,12-13H2,1H3,(H,19,21)(H,20,22). The quantitative estimate of drug-likeness (QED) is 0.734. The molecule has 0 aliphatic heterocycles. The summed E-state index contributed by atoms with van der Waals surface area (Å²) in [6.07, 6.45) is 0. The van der Waals surface area contributed by atoms with Gasteiger partial charge in [0.05, 0.1) is 12.3 Å². The summed E-state index contributed by atoms with van der Waals surface area (Å²) in [7, 11) is -3.91. The van der Waals surface area contributed by atoms with Gasteiger partial charge in [0.15, 0.2) is 9.84 Å². The summed E-state index contributed by atoms with van der Waals surface area (Å²) in [6.45, 7) is 2.21. The van der Waals surface area contributed by atoms with Gasteiger partial charge in [0.1, 0.15) is 17.3 Å². The number of benzene rings is 2. The molecule has 0 aliphatic rings. The molecule has 0 aliphatic carbocycles. The number of ether oxygens (including phenoxy) is 1. The minimum atomic E-state index is -3.91. The van der Waals surface area contributed by atoms with Crippen molar-refractivity contribution < 1.29 is 22.7 Å². The third kappa shape index (κ3) is 6.21. The first-order valence-electron chi connectivity index (χ1n) is 7.96. The maximum Gasteiger partial charge on any atom is 0.239 e. The van der Waals surface area contributed by atoms with E-state index in [1.165, 1.54) is 0 Å². The Balaban J connectivity index is 1.94. The number of hydrogen-bond donors (Lipinski definition) is 2. The van der Waals surface area contributed by atoms with Crippen molar-refractivity contribution in [3.63, 3.8) is 0 Å². The summed E-state index contributed by atoms with van der Waals surface area (Å²) in [6, 6.07) is 15.2. The lowest BCUT2D eigenvalue weighted by Gasteiger charge is -2.11. The van der Waals surface area contributed by atoms with Crippen molar-refractivity contribution in [1.29, 1.82) is 0 Å². The van der Waals surface area contributed by atoms with Crippen LogP contribution in [0.5, 0.6) is 5.75 Å². The van der Waals surface area contributed by atoms with E-state index < -0.39 is 33.2 Å². The van der Waals surface area contributed by atoms with Crippen molar-refractivity contribution in [3.05, 3.63) is 54.6 Å². The molecular formula is C18H20N2O5S. The van der Waals surface area contributed by atoms with E-state index in [4.69, 9.17) is 4.74 Å². The fraction of sp³-hybridized carbons (Fsp3) is 0.222. The molecule has 0 fully saturated rings. The van der Waals surface area contributed by atoms with E-state index in [1.54, 1.807) is 61.5 Å². The first kappa shape index (κ1) is 19.5. The second-order valence-corrected chi connectivity index (χ2v) is 7.49. The molecule has 0 saturated heterocycles. The number of rotatable bonds is 8. The highest BCUT2D eigenvalue weighted by Crippen LogP contribution is 2.23. The van der Waals surface area contributed by atoms with Crippen LogP contribution in [0.3, 0.4) is 0 Å². The topological polar surface area (TPSA) is 102 Å². The van der Waals surface area contributed by atoms with Crippen LogP contribution in [0.15, 0.2) is 54.6 Å². The first-order chi connectivity index (χ1) is 12.4. The average Bonchev–Trinajstić information content (AvgIpc) is 2.56. The zero-order chi connectivity index (χ0) is 19.0. The van der Waals surface area contributed by atoms with E-state index in [1.807, 2.05) is 0 Å². The normalized spacial score (nSPS) is 10.8. The van der Waals surface area contributed by atoms with E-state index in [0.29, 0.717) is 23.7 Å². The van der Waals surface area contributed by atoms with E-state index in [2.05, 4.69) is 10.6 Å². The van der Waals surface area contributed by atoms with Crippen LogP contribution in [0, 0.1) is 0 Å². The van der Waals surface area contributed by atoms with Crippen LogP contribution in [0.4, 0.5) is 11.4 Å². The van der Waals surface area contributed by atoms with Crippen molar-refractivity contribution in [3.8, 4) is 5.75 Å². The van der Waals surface area contributed by atoms with Gasteiger partial charge in [-0.1, -0.05) is 30.3 Å². The molecular weight excluding hydrogens is 356 g/mol. The van der Waals surface area contributed by atoms with E-state index in [-0.39, 0.29) is 0 Å². The average molecular weight is 376 g/mol. The lowest BCUT2D eigenvalue weighted by atomic mass is 10.3. The van der Waals surface area contributed by atoms with Crippen LogP contribution in [-0.4, -0.2) is 38.3 Å². The first-order valence-corrected chi connectivity index (χ1v) is 9.79. The number of sulfone groups is 1. The molecule has 2 N–H and O–H groups in total. The summed E-state index contributed by atoms with van der Waals surface area (Å²) in [5.74, 6) is -2.55. The Bertz CT molecular complexity index is 866. The zero-order valence-corrected chi connectivity index (χ0v) is 15.1. The largest absolute Gasteiger partial charge is 0.492 e. The SMILES string of the molecule is CCOc1ccccc1NC(=O)CS(=O)(=O)CC(=O)Nc1ccccc1. The number of carbonyl (C=O) groups is 2. The summed E-state index contributed by atoms with van der Waals surface area (Å²) in [5.41, 5.74) is 0.867. The summed E-state index contributed by atoms with van der Waals surface area (Å²) in [5, 5.41) is 4.98. The van der Waals surface area contributed by atoms with Gasteiger partial charge < -0.3 is 15.4 Å². The number of hydrogen-bond acceptors (Lipinski definition) is 5. The lowest BCUT2D eigenvalue weighted by Crippen LogP contribution is -2.30. The molecule has 2 aromatic rings. The van der Waals surface area contributed by atoms with Crippen molar-refractivity contribution in [2.45, 2.75) is 6.92 Å². The Morgan fingerprint density at radius 2 is 1.46 bits per heavy atom. The fourth-order valence-corrected chi connectivity index (χ4v) is 3.25. The highest BCUT2D eigenvalue weighted by Gasteiger charge is 2.21. The highest BCUT2D eigenvalue weighted by molar-refractivity contribution is 7.92. The van der Waals surface area contributed by atoms with Gasteiger partial charge in [0.2, 0.25) is 11.8 Å². The van der Waals surface area contributed by atoms with Crippen molar-refractivity contribution in [1.82, 2.24) is 0 Å². The molecule has 7 nitrogen and oxygen atoms in total. The minimum Gasteiger partial charge on any atom is -0.492 e. The van der Waals surface area contributed by atoms with Crippen LogP contribution in [0.2, 0.25) is 0 Å². The number of anilines is 2. The predicted molar refractivity (Wildman–Crippen MR) is 100.0 cm³/mol. The molecule has 8 heteroatoms. The highest BCUT2D eigenvalue weighted by atomic mass is 32.2. The third-order valence-electron chi connectivity index (χ3n) is 3.22. The van der Waals surface area contributed by atoms with Gasteiger partial charge in [-0.2, -0.15) is 0 Å². The molecule has 2 rings (SSSR count). The smallest absolute Gasteiger partial charge is 0.239 e. The van der Waals surface area contributed by atoms with Gasteiger partial charge in [-0.15, -0.1) is 0 Å². The zero-order valence-electron chi connectivity index (χ0n) is 14.3. The Morgan fingerprint density at radius 1 is 0.885 bits per heavy atom. The summed E-state index contributed by atoms with van der Waals surface area (Å²) < 4.78 is 29.5. The van der Waals surface area contributed by atoms with Gasteiger partial charge in [0, 0.05) is 5.69 Å². The maximum atomic E-state index is 12.1. The lowest BCUT2D eigenvalue weighted by molar-refractivity contribution is -0.114. The minimum absolute atomic E-state index is 0.378. The molecule has 2 aromatic carbocycles.